The quantitative estimate of drug-likeness (QED) is 0.499. The van der Waals surface area contributed by atoms with E-state index in [9.17, 15) is 9.59 Å². The predicted molar refractivity (Wildman–Crippen MR) is 109 cm³/mol. The first-order valence-electron chi connectivity index (χ1n) is 8.98. The molecule has 1 unspecified atom stereocenters. The van der Waals surface area contributed by atoms with E-state index in [0.29, 0.717) is 27.5 Å². The van der Waals surface area contributed by atoms with Crippen LogP contribution in [-0.4, -0.2) is 15.9 Å². The summed E-state index contributed by atoms with van der Waals surface area (Å²) in [5.74, 6) is -0.0105. The Hall–Kier alpha value is -3.51. The summed E-state index contributed by atoms with van der Waals surface area (Å²) in [6, 6.07) is 13.1. The Labute approximate surface area is 170 Å². The minimum atomic E-state index is -0.741. The van der Waals surface area contributed by atoms with Gasteiger partial charge in [-0.2, -0.15) is 0 Å². The third-order valence-corrected chi connectivity index (χ3v) is 5.42. The van der Waals surface area contributed by atoms with Crippen molar-refractivity contribution in [2.75, 3.05) is 4.90 Å². The number of hydrogen-bond donors (Lipinski definition) is 0. The Morgan fingerprint density at radius 1 is 1.03 bits per heavy atom. The fourth-order valence-corrected chi connectivity index (χ4v) is 3.81. The second-order valence-electron chi connectivity index (χ2n) is 6.79. The molecule has 4 heterocycles. The fourth-order valence-electron chi connectivity index (χ4n) is 3.64. The smallest absolute Gasteiger partial charge is 0.296 e. The van der Waals surface area contributed by atoms with Crippen LogP contribution in [0.5, 0.6) is 0 Å². The highest BCUT2D eigenvalue weighted by Crippen LogP contribution is 2.40. The number of rotatable bonds is 2. The maximum Gasteiger partial charge on any atom is 0.296 e. The number of benzene rings is 1. The first-order chi connectivity index (χ1) is 14.1. The lowest BCUT2D eigenvalue weighted by molar-refractivity contribution is 0.0970. The third-order valence-electron chi connectivity index (χ3n) is 5.02. The molecule has 1 atom stereocenters. The number of anilines is 1. The first-order valence-corrected chi connectivity index (χ1v) is 9.36. The number of carbonyl (C=O) groups is 1. The predicted octanol–water partition coefficient (Wildman–Crippen LogP) is 4.29. The molecular formula is C22H14ClN3O3. The zero-order valence-electron chi connectivity index (χ0n) is 15.3. The first kappa shape index (κ1) is 17.6. The normalized spacial score (nSPS) is 15.7. The lowest BCUT2D eigenvalue weighted by Gasteiger charge is -2.23. The van der Waals surface area contributed by atoms with Gasteiger partial charge in [0.2, 0.25) is 5.76 Å². The van der Waals surface area contributed by atoms with Crippen LogP contribution in [0.1, 0.15) is 33.4 Å². The van der Waals surface area contributed by atoms with E-state index in [4.69, 9.17) is 16.0 Å². The molecule has 0 saturated heterocycles. The molecule has 142 valence electrons. The Bertz CT molecular complexity index is 1320. The van der Waals surface area contributed by atoms with Crippen LogP contribution in [0.25, 0.3) is 11.0 Å². The number of aryl methyl sites for hydroxylation is 1. The van der Waals surface area contributed by atoms with Crippen molar-refractivity contribution in [2.45, 2.75) is 13.0 Å². The Kier molecular flexibility index (Phi) is 3.96. The summed E-state index contributed by atoms with van der Waals surface area (Å²) in [6.07, 6.45) is 3.22. The zero-order valence-corrected chi connectivity index (χ0v) is 16.1. The van der Waals surface area contributed by atoms with Gasteiger partial charge >= 0.3 is 0 Å². The molecule has 0 bridgehead atoms. The average molecular weight is 404 g/mol. The standard InChI is InChI=1S/C22H14ClN3O3/c1-12-10-16-13(11-14(12)23)20(27)18-19(15-6-2-4-8-24-15)26(22(28)21(18)29-16)17-7-3-5-9-25-17/h2-11,19H,1H3. The van der Waals surface area contributed by atoms with Gasteiger partial charge in [-0.3, -0.25) is 19.5 Å². The van der Waals surface area contributed by atoms with E-state index in [2.05, 4.69) is 9.97 Å². The molecule has 5 rings (SSSR count). The van der Waals surface area contributed by atoms with E-state index < -0.39 is 11.9 Å². The van der Waals surface area contributed by atoms with Crippen molar-refractivity contribution in [3.05, 3.63) is 98.8 Å². The van der Waals surface area contributed by atoms with Crippen molar-refractivity contribution in [3.63, 3.8) is 0 Å². The van der Waals surface area contributed by atoms with Gasteiger partial charge in [0.1, 0.15) is 17.4 Å². The van der Waals surface area contributed by atoms with Gasteiger partial charge in [-0.1, -0.05) is 23.7 Å². The minimum Gasteiger partial charge on any atom is -0.450 e. The molecule has 1 aliphatic heterocycles. The maximum atomic E-state index is 13.4. The van der Waals surface area contributed by atoms with Crippen molar-refractivity contribution in [3.8, 4) is 0 Å². The van der Waals surface area contributed by atoms with Gasteiger partial charge in [0.25, 0.3) is 5.91 Å². The van der Waals surface area contributed by atoms with Gasteiger partial charge in [0.15, 0.2) is 5.43 Å². The van der Waals surface area contributed by atoms with E-state index in [1.807, 2.05) is 13.0 Å². The summed E-state index contributed by atoms with van der Waals surface area (Å²) in [4.78, 5) is 36.9. The van der Waals surface area contributed by atoms with Crippen LogP contribution in [0, 0.1) is 6.92 Å². The molecule has 4 aromatic rings. The lowest BCUT2D eigenvalue weighted by Crippen LogP contribution is -2.30. The van der Waals surface area contributed by atoms with E-state index >= 15 is 0 Å². The summed E-state index contributed by atoms with van der Waals surface area (Å²) in [7, 11) is 0. The number of pyridine rings is 2. The maximum absolute atomic E-state index is 13.4. The number of carbonyl (C=O) groups excluding carboxylic acids is 1. The fraction of sp³-hybridized carbons (Fsp3) is 0.0909. The van der Waals surface area contributed by atoms with Gasteiger partial charge in [-0.15, -0.1) is 0 Å². The number of nitrogens with zero attached hydrogens (tertiary/aromatic N) is 3. The monoisotopic (exact) mass is 403 g/mol. The van der Waals surface area contributed by atoms with Crippen molar-refractivity contribution in [1.29, 1.82) is 0 Å². The van der Waals surface area contributed by atoms with Crippen LogP contribution in [-0.2, 0) is 0 Å². The topological polar surface area (TPSA) is 76.3 Å². The van der Waals surface area contributed by atoms with Gasteiger partial charge in [-0.05, 0) is 48.9 Å². The third kappa shape index (κ3) is 2.64. The average Bonchev–Trinajstić information content (AvgIpc) is 3.04. The number of hydrogen-bond acceptors (Lipinski definition) is 5. The molecule has 0 radical (unpaired) electrons. The second-order valence-corrected chi connectivity index (χ2v) is 7.20. The number of halogens is 1. The molecule has 1 amide bonds. The van der Waals surface area contributed by atoms with Crippen LogP contribution >= 0.6 is 11.6 Å². The molecule has 0 aliphatic carbocycles. The Balaban J connectivity index is 1.84. The Morgan fingerprint density at radius 3 is 2.48 bits per heavy atom. The molecular weight excluding hydrogens is 390 g/mol. The summed E-state index contributed by atoms with van der Waals surface area (Å²) in [6.45, 7) is 1.81. The largest absolute Gasteiger partial charge is 0.450 e. The summed E-state index contributed by atoms with van der Waals surface area (Å²) >= 11 is 6.24. The summed E-state index contributed by atoms with van der Waals surface area (Å²) < 4.78 is 5.93. The van der Waals surface area contributed by atoms with E-state index in [1.54, 1.807) is 54.9 Å². The van der Waals surface area contributed by atoms with Gasteiger partial charge < -0.3 is 4.42 Å². The van der Waals surface area contributed by atoms with Crippen molar-refractivity contribution in [1.82, 2.24) is 9.97 Å². The molecule has 0 N–H and O–H groups in total. The molecule has 0 spiro atoms. The highest BCUT2D eigenvalue weighted by atomic mass is 35.5. The molecule has 0 fully saturated rings. The molecule has 3 aromatic heterocycles. The van der Waals surface area contributed by atoms with Gasteiger partial charge in [0.05, 0.1) is 16.6 Å². The zero-order chi connectivity index (χ0) is 20.1. The molecule has 7 heteroatoms. The minimum absolute atomic E-state index is 0.00512. The molecule has 0 saturated carbocycles. The molecule has 1 aromatic carbocycles. The van der Waals surface area contributed by atoms with E-state index in [-0.39, 0.29) is 16.8 Å². The van der Waals surface area contributed by atoms with Crippen LogP contribution in [0.15, 0.2) is 70.1 Å². The van der Waals surface area contributed by atoms with E-state index in [0.717, 1.165) is 5.56 Å². The number of fused-ring (bicyclic) bond motifs is 2. The van der Waals surface area contributed by atoms with E-state index in [1.165, 1.54) is 4.90 Å². The second kappa shape index (κ2) is 6.53. The Morgan fingerprint density at radius 2 is 1.79 bits per heavy atom. The van der Waals surface area contributed by atoms with Crippen molar-refractivity contribution in [2.24, 2.45) is 0 Å². The SMILES string of the molecule is Cc1cc2oc3c(c(=O)c2cc1Cl)C(c1ccccn1)N(c1ccccn1)C3=O. The van der Waals surface area contributed by atoms with Gasteiger partial charge in [-0.25, -0.2) is 4.98 Å². The van der Waals surface area contributed by atoms with Crippen molar-refractivity contribution >= 4 is 34.3 Å². The highest BCUT2D eigenvalue weighted by Gasteiger charge is 2.44. The molecule has 1 aliphatic rings. The molecule has 29 heavy (non-hydrogen) atoms. The highest BCUT2D eigenvalue weighted by molar-refractivity contribution is 6.32. The van der Waals surface area contributed by atoms with Crippen LogP contribution in [0.4, 0.5) is 5.82 Å². The van der Waals surface area contributed by atoms with Crippen molar-refractivity contribution < 1.29 is 9.21 Å². The summed E-state index contributed by atoms with van der Waals surface area (Å²) in [5.41, 5.74) is 1.58. The number of aromatic nitrogens is 2. The van der Waals surface area contributed by atoms with Gasteiger partial charge in [0, 0.05) is 17.4 Å². The number of amides is 1. The van der Waals surface area contributed by atoms with Crippen LogP contribution < -0.4 is 10.3 Å². The van der Waals surface area contributed by atoms with Crippen LogP contribution in [0.2, 0.25) is 5.02 Å². The molecule has 6 nitrogen and oxygen atoms in total. The van der Waals surface area contributed by atoms with Crippen LogP contribution in [0.3, 0.4) is 0 Å². The lowest BCUT2D eigenvalue weighted by atomic mass is 10.0. The summed E-state index contributed by atoms with van der Waals surface area (Å²) in [5, 5.41) is 0.793.